The number of rotatable bonds is 0. The van der Waals surface area contributed by atoms with Crippen LogP contribution in [0.2, 0.25) is 0 Å². The summed E-state index contributed by atoms with van der Waals surface area (Å²) in [5.74, 6) is 0.450. The second kappa shape index (κ2) is 4.06. The Kier molecular flexibility index (Phi) is 2.54. The number of nitrogens with zero attached hydrogens (tertiary/aromatic N) is 2. The third kappa shape index (κ3) is 1.79. The molecule has 1 fully saturated rings. The van der Waals surface area contributed by atoms with Gasteiger partial charge in [-0.2, -0.15) is 5.26 Å². The smallest absolute Gasteiger partial charge is 0.179 e. The first-order valence-electron chi connectivity index (χ1n) is 6.11. The molecule has 0 aromatic heterocycles. The van der Waals surface area contributed by atoms with Crippen molar-refractivity contribution >= 4 is 0 Å². The molecule has 3 atom stereocenters. The van der Waals surface area contributed by atoms with E-state index in [-0.39, 0.29) is 12.3 Å². The van der Waals surface area contributed by atoms with Crippen molar-refractivity contribution in [1.82, 2.24) is 15.5 Å². The van der Waals surface area contributed by atoms with Crippen LogP contribution >= 0.6 is 0 Å². The molecule has 0 amide bonds. The molecule has 0 bridgehead atoms. The minimum absolute atomic E-state index is 0.148. The highest BCUT2D eigenvalue weighted by Gasteiger charge is 2.34. The Morgan fingerprint density at radius 3 is 3.24 bits per heavy atom. The molecule has 1 aliphatic carbocycles. The van der Waals surface area contributed by atoms with Gasteiger partial charge in [0.15, 0.2) is 6.19 Å². The van der Waals surface area contributed by atoms with Crippen LogP contribution < -0.4 is 16.4 Å². The lowest BCUT2D eigenvalue weighted by Crippen LogP contribution is -2.58. The van der Waals surface area contributed by atoms with Gasteiger partial charge in [0.25, 0.3) is 0 Å². The summed E-state index contributed by atoms with van der Waals surface area (Å²) in [6, 6.07) is 0.264. The molecule has 1 saturated heterocycles. The molecule has 0 saturated carbocycles. The summed E-state index contributed by atoms with van der Waals surface area (Å²) < 4.78 is 0. The summed E-state index contributed by atoms with van der Waals surface area (Å²) in [5, 5.41) is 15.6. The molecular weight excluding hydrogens is 214 g/mol. The van der Waals surface area contributed by atoms with Crippen molar-refractivity contribution < 1.29 is 0 Å². The highest BCUT2D eigenvalue weighted by Crippen LogP contribution is 2.33. The topological polar surface area (TPSA) is 77.1 Å². The van der Waals surface area contributed by atoms with E-state index in [2.05, 4.69) is 29.0 Å². The van der Waals surface area contributed by atoms with Crippen molar-refractivity contribution in [1.29, 1.82) is 5.26 Å². The summed E-state index contributed by atoms with van der Waals surface area (Å²) in [6.07, 6.45) is 8.54. The number of nitrogens with one attached hydrogen (secondary N) is 2. The van der Waals surface area contributed by atoms with Crippen LogP contribution in [-0.4, -0.2) is 30.3 Å². The highest BCUT2D eigenvalue weighted by molar-refractivity contribution is 5.36. The van der Waals surface area contributed by atoms with Crippen LogP contribution in [0, 0.1) is 17.4 Å². The van der Waals surface area contributed by atoms with E-state index in [9.17, 15) is 0 Å². The normalized spacial score (nSPS) is 35.8. The maximum atomic E-state index is 9.14. The fourth-order valence-corrected chi connectivity index (χ4v) is 2.93. The van der Waals surface area contributed by atoms with E-state index in [0.29, 0.717) is 5.92 Å². The Bertz CT molecular complexity index is 419. The summed E-state index contributed by atoms with van der Waals surface area (Å²) in [6.45, 7) is 1.74. The molecule has 5 nitrogen and oxygen atoms in total. The van der Waals surface area contributed by atoms with Gasteiger partial charge in [0, 0.05) is 24.7 Å². The standard InChI is InChI=1S/C12H17N5/c13-7-17-3-1-2-8-4-10-9(5-11(8)17)6-15-12(14)16-10/h2,4,9,11-12,15-16H,1,3,5-6,14H2. The lowest BCUT2D eigenvalue weighted by atomic mass is 9.82. The number of fused-ring (bicyclic) bond motifs is 2. The summed E-state index contributed by atoms with van der Waals surface area (Å²) in [4.78, 5) is 1.90. The van der Waals surface area contributed by atoms with Gasteiger partial charge in [-0.1, -0.05) is 6.08 Å². The molecule has 3 rings (SSSR count). The van der Waals surface area contributed by atoms with Crippen LogP contribution in [0.4, 0.5) is 0 Å². The molecule has 0 spiro atoms. The number of nitriles is 1. The maximum absolute atomic E-state index is 9.14. The quantitative estimate of drug-likeness (QED) is 0.504. The Labute approximate surface area is 101 Å². The SMILES string of the molecule is N#CN1CCC=C2C=C3NC(N)NCC3CC21. The van der Waals surface area contributed by atoms with E-state index in [1.807, 2.05) is 4.90 Å². The van der Waals surface area contributed by atoms with Crippen molar-refractivity contribution in [3.05, 3.63) is 23.4 Å². The maximum Gasteiger partial charge on any atom is 0.179 e. The highest BCUT2D eigenvalue weighted by atomic mass is 15.3. The molecule has 3 aliphatic rings. The van der Waals surface area contributed by atoms with Gasteiger partial charge < -0.3 is 10.2 Å². The van der Waals surface area contributed by atoms with E-state index in [1.165, 1.54) is 11.3 Å². The van der Waals surface area contributed by atoms with Crippen molar-refractivity contribution in [2.45, 2.75) is 25.2 Å². The van der Waals surface area contributed by atoms with Crippen LogP contribution in [0.1, 0.15) is 12.8 Å². The molecule has 0 aromatic carbocycles. The average molecular weight is 231 g/mol. The lowest BCUT2D eigenvalue weighted by Gasteiger charge is -2.42. The predicted molar refractivity (Wildman–Crippen MR) is 64.1 cm³/mol. The van der Waals surface area contributed by atoms with E-state index in [1.54, 1.807) is 0 Å². The first-order valence-corrected chi connectivity index (χ1v) is 6.11. The average Bonchev–Trinajstić information content (AvgIpc) is 2.35. The minimum Gasteiger partial charge on any atom is -0.361 e. The Morgan fingerprint density at radius 2 is 2.41 bits per heavy atom. The predicted octanol–water partition coefficient (Wildman–Crippen LogP) is -0.193. The van der Waals surface area contributed by atoms with Gasteiger partial charge in [-0.05, 0) is 24.5 Å². The van der Waals surface area contributed by atoms with E-state index in [4.69, 9.17) is 11.0 Å². The molecule has 17 heavy (non-hydrogen) atoms. The third-order valence-corrected chi connectivity index (χ3v) is 3.82. The molecule has 0 radical (unpaired) electrons. The van der Waals surface area contributed by atoms with Crippen LogP contribution in [0.3, 0.4) is 0 Å². The lowest BCUT2D eigenvalue weighted by molar-refractivity contribution is 0.239. The minimum atomic E-state index is -0.148. The number of hydrogen-bond donors (Lipinski definition) is 3. The van der Waals surface area contributed by atoms with Crippen molar-refractivity contribution in [3.8, 4) is 6.19 Å². The first-order chi connectivity index (χ1) is 8.28. The van der Waals surface area contributed by atoms with Gasteiger partial charge in [0.1, 0.15) is 6.29 Å². The zero-order valence-electron chi connectivity index (χ0n) is 9.69. The molecular formula is C12H17N5. The van der Waals surface area contributed by atoms with Crippen LogP contribution in [-0.2, 0) is 0 Å². The molecule has 4 N–H and O–H groups in total. The molecule has 3 unspecified atom stereocenters. The third-order valence-electron chi connectivity index (χ3n) is 3.82. The molecule has 5 heteroatoms. The van der Waals surface area contributed by atoms with Gasteiger partial charge >= 0.3 is 0 Å². The van der Waals surface area contributed by atoms with Gasteiger partial charge in [-0.3, -0.25) is 11.1 Å². The Hall–Kier alpha value is -1.51. The largest absolute Gasteiger partial charge is 0.361 e. The molecule has 2 heterocycles. The van der Waals surface area contributed by atoms with Crippen molar-refractivity contribution in [2.24, 2.45) is 11.7 Å². The van der Waals surface area contributed by atoms with Crippen LogP contribution in [0.25, 0.3) is 0 Å². The summed E-state index contributed by atoms with van der Waals surface area (Å²) in [5.41, 5.74) is 8.31. The summed E-state index contributed by atoms with van der Waals surface area (Å²) in [7, 11) is 0. The van der Waals surface area contributed by atoms with Crippen molar-refractivity contribution in [2.75, 3.05) is 13.1 Å². The Morgan fingerprint density at radius 1 is 1.53 bits per heavy atom. The fourth-order valence-electron chi connectivity index (χ4n) is 2.93. The van der Waals surface area contributed by atoms with E-state index >= 15 is 0 Å². The van der Waals surface area contributed by atoms with Crippen molar-refractivity contribution in [3.63, 3.8) is 0 Å². The van der Waals surface area contributed by atoms with Gasteiger partial charge in [0.05, 0.1) is 6.04 Å². The zero-order chi connectivity index (χ0) is 11.8. The zero-order valence-corrected chi connectivity index (χ0v) is 9.69. The number of nitrogens with two attached hydrogens (primary N) is 1. The van der Waals surface area contributed by atoms with E-state index in [0.717, 1.165) is 25.9 Å². The van der Waals surface area contributed by atoms with Gasteiger partial charge in [0.2, 0.25) is 0 Å². The van der Waals surface area contributed by atoms with Gasteiger partial charge in [-0.15, -0.1) is 0 Å². The van der Waals surface area contributed by atoms with Crippen LogP contribution in [0.15, 0.2) is 23.4 Å². The number of hydrogen-bond acceptors (Lipinski definition) is 5. The first kappa shape index (κ1) is 10.6. The van der Waals surface area contributed by atoms with E-state index < -0.39 is 0 Å². The molecule has 90 valence electrons. The molecule has 0 aromatic rings. The Balaban J connectivity index is 1.89. The molecule has 2 aliphatic heterocycles. The van der Waals surface area contributed by atoms with Crippen LogP contribution in [0.5, 0.6) is 0 Å². The second-order valence-corrected chi connectivity index (χ2v) is 4.86. The fraction of sp³-hybridized carbons (Fsp3) is 0.583. The van der Waals surface area contributed by atoms with Gasteiger partial charge in [-0.25, -0.2) is 0 Å². The second-order valence-electron chi connectivity index (χ2n) is 4.86. The monoisotopic (exact) mass is 231 g/mol. The summed E-state index contributed by atoms with van der Waals surface area (Å²) >= 11 is 0.